The molecule has 1 amide bonds. The molecule has 0 saturated carbocycles. The highest BCUT2D eigenvalue weighted by atomic mass is 35.5. The number of aliphatic carboxylic acids is 1. The van der Waals surface area contributed by atoms with E-state index in [1.807, 2.05) is 47.1 Å². The van der Waals surface area contributed by atoms with E-state index >= 15 is 0 Å². The molecule has 1 unspecified atom stereocenters. The first-order chi connectivity index (χ1) is 15.5. The maximum atomic E-state index is 13.4. The lowest BCUT2D eigenvalue weighted by Gasteiger charge is -2.33. The molecule has 0 saturated heterocycles. The molecule has 4 rings (SSSR count). The Morgan fingerprint density at radius 1 is 1.12 bits per heavy atom. The SMILES string of the molecule is CCCCCC1CN(c2ccc(CC(=O)O)cc2)C(=O)c2cc(-c3ccc(Cl)cc3)nn21. The lowest BCUT2D eigenvalue weighted by molar-refractivity contribution is -0.136. The number of rotatable bonds is 8. The lowest BCUT2D eigenvalue weighted by Crippen LogP contribution is -2.43. The topological polar surface area (TPSA) is 75.4 Å². The summed E-state index contributed by atoms with van der Waals surface area (Å²) in [7, 11) is 0. The average Bonchev–Trinajstić information content (AvgIpc) is 3.22. The van der Waals surface area contributed by atoms with Crippen molar-refractivity contribution in [3.05, 3.63) is 70.9 Å². The standard InChI is InChI=1S/C25H26ClN3O3/c1-2-3-4-5-21-16-28(20-12-6-17(7-13-20)14-24(30)31)25(32)23-15-22(27-29(21)23)18-8-10-19(26)11-9-18/h6-13,15,21H,2-5,14,16H2,1H3,(H,30,31). The lowest BCUT2D eigenvalue weighted by atomic mass is 10.0. The van der Waals surface area contributed by atoms with Crippen molar-refractivity contribution in [3.63, 3.8) is 0 Å². The molecule has 0 spiro atoms. The summed E-state index contributed by atoms with van der Waals surface area (Å²) in [5.74, 6) is -0.975. The Kier molecular flexibility index (Phi) is 6.61. The number of carboxylic acid groups (broad SMARTS) is 1. The zero-order valence-electron chi connectivity index (χ0n) is 18.0. The van der Waals surface area contributed by atoms with Gasteiger partial charge in [-0.15, -0.1) is 0 Å². The molecule has 0 fully saturated rings. The number of benzene rings is 2. The van der Waals surface area contributed by atoms with Crippen LogP contribution in [0, 0.1) is 0 Å². The number of hydrogen-bond acceptors (Lipinski definition) is 3. The molecule has 32 heavy (non-hydrogen) atoms. The number of halogens is 1. The molecule has 1 N–H and O–H groups in total. The summed E-state index contributed by atoms with van der Waals surface area (Å²) in [6, 6.07) is 16.6. The molecule has 1 aliphatic rings. The van der Waals surface area contributed by atoms with Crippen molar-refractivity contribution < 1.29 is 14.7 Å². The molecule has 2 heterocycles. The molecule has 1 atom stereocenters. The van der Waals surface area contributed by atoms with Crippen molar-refractivity contribution in [2.75, 3.05) is 11.4 Å². The molecule has 0 bridgehead atoms. The number of hydrogen-bond donors (Lipinski definition) is 1. The molecule has 3 aromatic rings. The molecule has 1 aliphatic heterocycles. The fraction of sp³-hybridized carbons (Fsp3) is 0.320. The van der Waals surface area contributed by atoms with E-state index < -0.39 is 5.97 Å². The molecule has 7 heteroatoms. The van der Waals surface area contributed by atoms with Gasteiger partial charge in [0.05, 0.1) is 18.2 Å². The molecule has 2 aromatic carbocycles. The second kappa shape index (κ2) is 9.57. The van der Waals surface area contributed by atoms with E-state index in [0.29, 0.717) is 22.8 Å². The van der Waals surface area contributed by atoms with E-state index in [-0.39, 0.29) is 18.4 Å². The van der Waals surface area contributed by atoms with Crippen LogP contribution in [0.15, 0.2) is 54.6 Å². The molecule has 1 aromatic heterocycles. The molecule has 166 valence electrons. The van der Waals surface area contributed by atoms with Crippen LogP contribution in [-0.4, -0.2) is 33.3 Å². The summed E-state index contributed by atoms with van der Waals surface area (Å²) in [4.78, 5) is 26.2. The fourth-order valence-electron chi connectivity index (χ4n) is 4.14. The van der Waals surface area contributed by atoms with E-state index in [1.54, 1.807) is 17.0 Å². The van der Waals surface area contributed by atoms with Crippen molar-refractivity contribution in [1.82, 2.24) is 9.78 Å². The van der Waals surface area contributed by atoms with E-state index in [1.165, 1.54) is 0 Å². The third-order valence-electron chi connectivity index (χ3n) is 5.82. The van der Waals surface area contributed by atoms with Crippen LogP contribution in [0.25, 0.3) is 11.3 Å². The minimum Gasteiger partial charge on any atom is -0.481 e. The summed E-state index contributed by atoms with van der Waals surface area (Å²) in [6.45, 7) is 2.71. The van der Waals surface area contributed by atoms with Gasteiger partial charge in [-0.3, -0.25) is 14.3 Å². The first kappa shape index (κ1) is 22.1. The van der Waals surface area contributed by atoms with Crippen LogP contribution in [0.1, 0.15) is 54.7 Å². The zero-order valence-corrected chi connectivity index (χ0v) is 18.8. The predicted octanol–water partition coefficient (Wildman–Crippen LogP) is 5.61. The van der Waals surface area contributed by atoms with Crippen molar-refractivity contribution in [2.24, 2.45) is 0 Å². The van der Waals surface area contributed by atoms with Gasteiger partial charge in [0.1, 0.15) is 5.69 Å². The molecular weight excluding hydrogens is 426 g/mol. The minimum absolute atomic E-state index is 0.0366. The predicted molar refractivity (Wildman–Crippen MR) is 125 cm³/mol. The Morgan fingerprint density at radius 2 is 1.84 bits per heavy atom. The fourth-order valence-corrected chi connectivity index (χ4v) is 4.26. The van der Waals surface area contributed by atoms with Gasteiger partial charge in [0.25, 0.3) is 5.91 Å². The Bertz CT molecular complexity index is 1110. The number of amides is 1. The second-order valence-corrected chi connectivity index (χ2v) is 8.61. The van der Waals surface area contributed by atoms with Crippen LogP contribution in [0.3, 0.4) is 0 Å². The van der Waals surface area contributed by atoms with Gasteiger partial charge < -0.3 is 10.0 Å². The molecule has 0 radical (unpaired) electrons. The van der Waals surface area contributed by atoms with Crippen LogP contribution >= 0.6 is 11.6 Å². The van der Waals surface area contributed by atoms with Gasteiger partial charge >= 0.3 is 5.97 Å². The van der Waals surface area contributed by atoms with Gasteiger partial charge in [0, 0.05) is 22.8 Å². The van der Waals surface area contributed by atoms with Crippen LogP contribution in [-0.2, 0) is 11.2 Å². The third kappa shape index (κ3) is 4.70. The van der Waals surface area contributed by atoms with Crippen LogP contribution in [0.2, 0.25) is 5.02 Å². The van der Waals surface area contributed by atoms with E-state index in [0.717, 1.165) is 42.6 Å². The smallest absolute Gasteiger partial charge is 0.307 e. The second-order valence-electron chi connectivity index (χ2n) is 8.17. The Balaban J connectivity index is 1.66. The van der Waals surface area contributed by atoms with Gasteiger partial charge in [-0.2, -0.15) is 5.10 Å². The van der Waals surface area contributed by atoms with E-state index in [2.05, 4.69) is 6.92 Å². The quantitative estimate of drug-likeness (QED) is 0.451. The Labute approximate surface area is 192 Å². The van der Waals surface area contributed by atoms with E-state index in [9.17, 15) is 9.59 Å². The normalized spacial score (nSPS) is 15.6. The highest BCUT2D eigenvalue weighted by Gasteiger charge is 2.33. The first-order valence-corrected chi connectivity index (χ1v) is 11.3. The summed E-state index contributed by atoms with van der Waals surface area (Å²) in [6.07, 6.45) is 4.22. The summed E-state index contributed by atoms with van der Waals surface area (Å²) in [5, 5.41) is 14.5. The highest BCUT2D eigenvalue weighted by Crippen LogP contribution is 2.32. The number of unbranched alkanes of at least 4 members (excludes halogenated alkanes) is 2. The number of carbonyl (C=O) groups excluding carboxylic acids is 1. The minimum atomic E-state index is -0.874. The van der Waals surface area contributed by atoms with Gasteiger partial charge in [-0.05, 0) is 42.3 Å². The maximum absolute atomic E-state index is 13.4. The number of aromatic nitrogens is 2. The van der Waals surface area contributed by atoms with Gasteiger partial charge in [-0.1, -0.05) is 62.1 Å². The average molecular weight is 452 g/mol. The number of fused-ring (bicyclic) bond motifs is 1. The van der Waals surface area contributed by atoms with Crippen molar-refractivity contribution in [1.29, 1.82) is 0 Å². The maximum Gasteiger partial charge on any atom is 0.307 e. The Hall–Kier alpha value is -3.12. The zero-order chi connectivity index (χ0) is 22.7. The van der Waals surface area contributed by atoms with E-state index in [4.69, 9.17) is 21.8 Å². The van der Waals surface area contributed by atoms with Gasteiger partial charge in [-0.25, -0.2) is 0 Å². The monoisotopic (exact) mass is 451 g/mol. The number of anilines is 1. The molecular formula is C25H26ClN3O3. The Morgan fingerprint density at radius 3 is 2.50 bits per heavy atom. The van der Waals surface area contributed by atoms with Crippen LogP contribution in [0.4, 0.5) is 5.69 Å². The van der Waals surface area contributed by atoms with Gasteiger partial charge in [0.15, 0.2) is 0 Å². The third-order valence-corrected chi connectivity index (χ3v) is 6.08. The van der Waals surface area contributed by atoms with Crippen molar-refractivity contribution in [2.45, 2.75) is 45.1 Å². The van der Waals surface area contributed by atoms with Gasteiger partial charge in [0.2, 0.25) is 0 Å². The summed E-state index contributed by atoms with van der Waals surface area (Å²) >= 11 is 6.02. The first-order valence-electron chi connectivity index (χ1n) is 10.9. The van der Waals surface area contributed by atoms with Crippen molar-refractivity contribution >= 4 is 29.2 Å². The molecule has 0 aliphatic carbocycles. The highest BCUT2D eigenvalue weighted by molar-refractivity contribution is 6.30. The van der Waals surface area contributed by atoms with Crippen molar-refractivity contribution in [3.8, 4) is 11.3 Å². The van der Waals surface area contributed by atoms with Crippen LogP contribution < -0.4 is 4.90 Å². The number of carbonyl (C=O) groups is 2. The number of nitrogens with zero attached hydrogens (tertiary/aromatic N) is 3. The largest absolute Gasteiger partial charge is 0.481 e. The number of carboxylic acids is 1. The molecule has 6 nitrogen and oxygen atoms in total. The summed E-state index contributed by atoms with van der Waals surface area (Å²) < 4.78 is 1.89. The summed E-state index contributed by atoms with van der Waals surface area (Å²) in [5.41, 5.74) is 3.72. The van der Waals surface area contributed by atoms with Crippen LogP contribution in [0.5, 0.6) is 0 Å².